The highest BCUT2D eigenvalue weighted by molar-refractivity contribution is 5.98. The van der Waals surface area contributed by atoms with Gasteiger partial charge in [-0.25, -0.2) is 4.79 Å². The molecule has 1 amide bonds. The summed E-state index contributed by atoms with van der Waals surface area (Å²) in [5.41, 5.74) is -0.200. The Bertz CT molecular complexity index is 684. The average molecular weight is 336 g/mol. The fraction of sp³-hybridized carbons (Fsp3) is 0.400. The van der Waals surface area contributed by atoms with Gasteiger partial charge in [0.1, 0.15) is 0 Å². The number of nitrogens with zero attached hydrogens (tertiary/aromatic N) is 1. The maximum absolute atomic E-state index is 12.0. The minimum atomic E-state index is -0.944. The standard InChI is InChI=1S/C15H16N2O7/c1-7(12-11(8(2)18)13(19)16-12)14(20)24-15(21)9-3-5-10(6-4-9)17(22)23/h3-8,11-12,18H,1-2H3,(H,16,19). The summed E-state index contributed by atoms with van der Waals surface area (Å²) in [4.78, 5) is 45.3. The lowest BCUT2D eigenvalue weighted by Crippen LogP contribution is -2.65. The average Bonchev–Trinajstić information content (AvgIpc) is 2.51. The van der Waals surface area contributed by atoms with E-state index in [2.05, 4.69) is 5.32 Å². The van der Waals surface area contributed by atoms with Crippen molar-refractivity contribution in [3.05, 3.63) is 39.9 Å². The first kappa shape index (κ1) is 17.5. The van der Waals surface area contributed by atoms with E-state index in [-0.39, 0.29) is 17.2 Å². The largest absolute Gasteiger partial charge is 0.393 e. The van der Waals surface area contributed by atoms with Crippen LogP contribution in [-0.4, -0.2) is 40.0 Å². The number of benzene rings is 1. The fourth-order valence-electron chi connectivity index (χ4n) is 2.48. The lowest BCUT2D eigenvalue weighted by molar-refractivity contribution is -0.384. The Morgan fingerprint density at radius 2 is 1.88 bits per heavy atom. The number of nitro groups is 1. The zero-order chi connectivity index (χ0) is 18.0. The maximum atomic E-state index is 12.0. The van der Waals surface area contributed by atoms with Crippen molar-refractivity contribution >= 4 is 23.5 Å². The topological polar surface area (TPSA) is 136 Å². The van der Waals surface area contributed by atoms with Gasteiger partial charge in [0.2, 0.25) is 5.91 Å². The summed E-state index contributed by atoms with van der Waals surface area (Å²) < 4.78 is 4.74. The zero-order valence-corrected chi connectivity index (χ0v) is 13.0. The highest BCUT2D eigenvalue weighted by Crippen LogP contribution is 2.26. The smallest absolute Gasteiger partial charge is 0.345 e. The Balaban J connectivity index is 1.99. The molecule has 9 nitrogen and oxygen atoms in total. The zero-order valence-electron chi connectivity index (χ0n) is 13.0. The summed E-state index contributed by atoms with van der Waals surface area (Å²) in [7, 11) is 0. The SMILES string of the molecule is CC(O)C1C(=O)NC1C(C)C(=O)OC(=O)c1ccc([N+](=O)[O-])cc1. The second-order valence-corrected chi connectivity index (χ2v) is 5.60. The van der Waals surface area contributed by atoms with E-state index in [0.29, 0.717) is 0 Å². The molecule has 0 aliphatic carbocycles. The lowest BCUT2D eigenvalue weighted by atomic mass is 9.79. The summed E-state index contributed by atoms with van der Waals surface area (Å²) in [6.07, 6.45) is -0.927. The van der Waals surface area contributed by atoms with Crippen molar-refractivity contribution in [3.8, 4) is 0 Å². The van der Waals surface area contributed by atoms with E-state index in [1.54, 1.807) is 0 Å². The molecule has 0 radical (unpaired) electrons. The Hall–Kier alpha value is -2.81. The Kier molecular flexibility index (Phi) is 4.93. The van der Waals surface area contributed by atoms with E-state index < -0.39 is 40.8 Å². The molecule has 4 unspecified atom stereocenters. The number of ether oxygens (including phenoxy) is 1. The number of amides is 1. The van der Waals surface area contributed by atoms with Gasteiger partial charge < -0.3 is 15.2 Å². The third-order valence-corrected chi connectivity index (χ3v) is 3.94. The van der Waals surface area contributed by atoms with Crippen LogP contribution in [0.15, 0.2) is 24.3 Å². The van der Waals surface area contributed by atoms with Gasteiger partial charge in [0, 0.05) is 12.1 Å². The third kappa shape index (κ3) is 3.40. The van der Waals surface area contributed by atoms with Crippen LogP contribution in [0, 0.1) is 22.0 Å². The number of carbonyl (C=O) groups excluding carboxylic acids is 3. The monoisotopic (exact) mass is 336 g/mol. The number of aliphatic hydroxyl groups excluding tert-OH is 1. The van der Waals surface area contributed by atoms with E-state index in [1.807, 2.05) is 0 Å². The van der Waals surface area contributed by atoms with Crippen molar-refractivity contribution in [1.82, 2.24) is 5.32 Å². The third-order valence-electron chi connectivity index (χ3n) is 3.94. The van der Waals surface area contributed by atoms with Gasteiger partial charge in [-0.15, -0.1) is 0 Å². The Morgan fingerprint density at radius 1 is 1.29 bits per heavy atom. The van der Waals surface area contributed by atoms with Crippen molar-refractivity contribution in [2.75, 3.05) is 0 Å². The number of nitrogens with one attached hydrogen (secondary N) is 1. The fourth-order valence-corrected chi connectivity index (χ4v) is 2.48. The molecule has 2 N–H and O–H groups in total. The number of β-lactam (4-membered cyclic amide) rings is 1. The van der Waals surface area contributed by atoms with Crippen LogP contribution in [0.2, 0.25) is 0 Å². The van der Waals surface area contributed by atoms with Crippen molar-refractivity contribution in [2.45, 2.75) is 26.0 Å². The number of hydrogen-bond acceptors (Lipinski definition) is 7. The minimum absolute atomic E-state index is 0.00845. The molecule has 24 heavy (non-hydrogen) atoms. The van der Waals surface area contributed by atoms with Gasteiger partial charge >= 0.3 is 11.9 Å². The van der Waals surface area contributed by atoms with Crippen molar-refractivity contribution in [2.24, 2.45) is 11.8 Å². The van der Waals surface area contributed by atoms with E-state index >= 15 is 0 Å². The molecular formula is C15H16N2O7. The van der Waals surface area contributed by atoms with Gasteiger partial charge in [-0.05, 0) is 26.0 Å². The number of nitro benzene ring substituents is 1. The van der Waals surface area contributed by atoms with Gasteiger partial charge in [-0.2, -0.15) is 0 Å². The molecule has 1 fully saturated rings. The summed E-state index contributed by atoms with van der Waals surface area (Å²) in [5, 5.41) is 22.6. The van der Waals surface area contributed by atoms with Crippen molar-refractivity contribution in [3.63, 3.8) is 0 Å². The summed E-state index contributed by atoms with van der Waals surface area (Å²) in [6.45, 7) is 2.92. The first-order valence-electron chi connectivity index (χ1n) is 7.21. The van der Waals surface area contributed by atoms with Crippen LogP contribution in [-0.2, 0) is 14.3 Å². The van der Waals surface area contributed by atoms with Crippen LogP contribution >= 0.6 is 0 Å². The summed E-state index contributed by atoms with van der Waals surface area (Å²) in [6, 6.07) is 4.00. The molecule has 1 aromatic rings. The highest BCUT2D eigenvalue weighted by Gasteiger charge is 2.47. The van der Waals surface area contributed by atoms with Crippen LogP contribution in [0.1, 0.15) is 24.2 Å². The van der Waals surface area contributed by atoms with E-state index in [9.17, 15) is 29.6 Å². The first-order chi connectivity index (χ1) is 11.2. The molecule has 2 rings (SSSR count). The molecule has 9 heteroatoms. The molecule has 128 valence electrons. The second-order valence-electron chi connectivity index (χ2n) is 5.60. The van der Waals surface area contributed by atoms with E-state index in [1.165, 1.54) is 26.0 Å². The van der Waals surface area contributed by atoms with Gasteiger partial charge in [-0.3, -0.25) is 19.7 Å². The first-order valence-corrected chi connectivity index (χ1v) is 7.21. The number of rotatable bonds is 5. The van der Waals surface area contributed by atoms with E-state index in [0.717, 1.165) is 12.1 Å². The maximum Gasteiger partial charge on any atom is 0.345 e. The molecule has 0 spiro atoms. The van der Waals surface area contributed by atoms with Crippen LogP contribution in [0.3, 0.4) is 0 Å². The molecule has 0 aromatic heterocycles. The van der Waals surface area contributed by atoms with Crippen LogP contribution in [0.5, 0.6) is 0 Å². The number of non-ortho nitro benzene ring substituents is 1. The molecular weight excluding hydrogens is 320 g/mol. The molecule has 1 saturated heterocycles. The molecule has 1 aliphatic heterocycles. The van der Waals surface area contributed by atoms with Gasteiger partial charge in [0.25, 0.3) is 5.69 Å². The van der Waals surface area contributed by atoms with Crippen LogP contribution < -0.4 is 5.32 Å². The molecule has 1 heterocycles. The normalized spacial score (nSPS) is 21.9. The number of aliphatic hydroxyl groups is 1. The minimum Gasteiger partial charge on any atom is -0.393 e. The molecule has 1 aromatic carbocycles. The Morgan fingerprint density at radius 3 is 2.33 bits per heavy atom. The van der Waals surface area contributed by atoms with Crippen molar-refractivity contribution in [1.29, 1.82) is 0 Å². The van der Waals surface area contributed by atoms with Crippen molar-refractivity contribution < 1.29 is 29.2 Å². The van der Waals surface area contributed by atoms with Crippen LogP contribution in [0.25, 0.3) is 0 Å². The molecule has 0 bridgehead atoms. The van der Waals surface area contributed by atoms with Gasteiger partial charge in [0.15, 0.2) is 0 Å². The predicted molar refractivity (Wildman–Crippen MR) is 79.8 cm³/mol. The Labute approximate surface area is 136 Å². The summed E-state index contributed by atoms with van der Waals surface area (Å²) >= 11 is 0. The number of esters is 2. The number of carbonyl (C=O) groups is 3. The number of hydrogen-bond donors (Lipinski definition) is 2. The quantitative estimate of drug-likeness (QED) is 0.261. The van der Waals surface area contributed by atoms with Gasteiger partial charge in [-0.1, -0.05) is 0 Å². The second kappa shape index (κ2) is 6.75. The molecule has 1 aliphatic rings. The lowest BCUT2D eigenvalue weighted by Gasteiger charge is -2.40. The molecule has 0 saturated carbocycles. The van der Waals surface area contributed by atoms with E-state index in [4.69, 9.17) is 4.74 Å². The summed E-state index contributed by atoms with van der Waals surface area (Å²) in [5.74, 6) is -3.72. The van der Waals surface area contributed by atoms with Gasteiger partial charge in [0.05, 0.1) is 34.5 Å². The molecule has 4 atom stereocenters. The van der Waals surface area contributed by atoms with Crippen LogP contribution in [0.4, 0.5) is 5.69 Å². The highest BCUT2D eigenvalue weighted by atomic mass is 16.6. The predicted octanol–water partition coefficient (Wildman–Crippen LogP) is 0.410.